The summed E-state index contributed by atoms with van der Waals surface area (Å²) in [6.07, 6.45) is -0.388. The molecule has 1 N–H and O–H groups in total. The number of nitrogens with one attached hydrogen (secondary N) is 1. The molecule has 0 bridgehead atoms. The topological polar surface area (TPSA) is 69.0 Å². The number of nitrogens with zero attached hydrogens (tertiary/aromatic N) is 3. The van der Waals surface area contributed by atoms with E-state index in [1.807, 2.05) is 36.6 Å². The average Bonchev–Trinajstić information content (AvgIpc) is 3.13. The molecule has 0 aliphatic rings. The number of benzene rings is 2. The fourth-order valence-electron chi connectivity index (χ4n) is 3.06. The van der Waals surface area contributed by atoms with Crippen molar-refractivity contribution in [2.24, 2.45) is 5.92 Å². The summed E-state index contributed by atoms with van der Waals surface area (Å²) < 4.78 is 22.1. The molecule has 0 fully saturated rings. The number of halogens is 2. The van der Waals surface area contributed by atoms with Gasteiger partial charge in [-0.15, -0.1) is 10.2 Å². The Kier molecular flexibility index (Phi) is 8.31. The van der Waals surface area contributed by atoms with E-state index in [-0.39, 0.29) is 23.6 Å². The number of carbonyl (C=O) groups excluding carboxylic acids is 1. The second-order valence-corrected chi connectivity index (χ2v) is 9.66. The fraction of sp³-hybridized carbons (Fsp3) is 0.348. The smallest absolute Gasteiger partial charge is 0.234 e. The van der Waals surface area contributed by atoms with Crippen LogP contribution in [0.4, 0.5) is 10.1 Å². The molecular weight excluding hydrogens is 495 g/mol. The number of ether oxygens (including phenoxy) is 1. The molecule has 170 valence electrons. The van der Waals surface area contributed by atoms with E-state index in [0.29, 0.717) is 29.2 Å². The molecule has 0 saturated heterocycles. The van der Waals surface area contributed by atoms with Gasteiger partial charge in [0.05, 0.1) is 5.75 Å². The summed E-state index contributed by atoms with van der Waals surface area (Å²) in [7, 11) is 0. The Morgan fingerprint density at radius 3 is 2.56 bits per heavy atom. The monoisotopic (exact) mass is 520 g/mol. The van der Waals surface area contributed by atoms with Crippen molar-refractivity contribution in [3.63, 3.8) is 0 Å². The summed E-state index contributed by atoms with van der Waals surface area (Å²) >= 11 is 4.79. The van der Waals surface area contributed by atoms with Crippen molar-refractivity contribution in [1.82, 2.24) is 14.8 Å². The van der Waals surface area contributed by atoms with E-state index in [9.17, 15) is 9.18 Å². The molecule has 1 aromatic heterocycles. The summed E-state index contributed by atoms with van der Waals surface area (Å²) in [5, 5.41) is 12.2. The first kappa shape index (κ1) is 24.3. The van der Waals surface area contributed by atoms with Crippen LogP contribution >= 0.6 is 27.7 Å². The van der Waals surface area contributed by atoms with Gasteiger partial charge in [-0.25, -0.2) is 4.39 Å². The minimum atomic E-state index is -0.388. The maximum atomic E-state index is 13.2. The van der Waals surface area contributed by atoms with E-state index < -0.39 is 0 Å². The minimum Gasteiger partial charge on any atom is -0.483 e. The number of hydrogen-bond donors (Lipinski definition) is 1. The van der Waals surface area contributed by atoms with Crippen LogP contribution in [0.2, 0.25) is 0 Å². The van der Waals surface area contributed by atoms with Crippen LogP contribution in [0.15, 0.2) is 52.1 Å². The molecule has 2 aromatic carbocycles. The van der Waals surface area contributed by atoms with Gasteiger partial charge in [-0.1, -0.05) is 41.5 Å². The first-order valence-electron chi connectivity index (χ1n) is 10.3. The number of hydrogen-bond acceptors (Lipinski definition) is 5. The van der Waals surface area contributed by atoms with Gasteiger partial charge in [-0.3, -0.25) is 4.79 Å². The van der Waals surface area contributed by atoms with E-state index in [4.69, 9.17) is 4.74 Å². The molecule has 1 heterocycles. The number of thioether (sulfide) groups is 1. The van der Waals surface area contributed by atoms with Crippen LogP contribution in [-0.2, 0) is 11.3 Å². The Balaban J connectivity index is 1.69. The van der Waals surface area contributed by atoms with Crippen molar-refractivity contribution in [3.05, 3.63) is 64.1 Å². The number of amides is 1. The molecule has 0 aliphatic carbocycles. The highest BCUT2D eigenvalue weighted by atomic mass is 79.9. The molecule has 0 radical (unpaired) electrons. The van der Waals surface area contributed by atoms with Gasteiger partial charge in [-0.05, 0) is 67.8 Å². The zero-order valence-electron chi connectivity index (χ0n) is 18.4. The molecule has 0 saturated carbocycles. The van der Waals surface area contributed by atoms with E-state index in [2.05, 4.69) is 45.3 Å². The molecular formula is C23H26BrFN4O2S. The summed E-state index contributed by atoms with van der Waals surface area (Å²) in [5.41, 5.74) is 1.80. The van der Waals surface area contributed by atoms with Crippen LogP contribution in [0.1, 0.15) is 38.3 Å². The summed E-state index contributed by atoms with van der Waals surface area (Å²) in [6.45, 7) is 8.74. The van der Waals surface area contributed by atoms with Crippen molar-refractivity contribution < 1.29 is 13.9 Å². The van der Waals surface area contributed by atoms with Crippen molar-refractivity contribution in [2.45, 2.75) is 45.5 Å². The standard InChI is InChI=1S/C23H26BrFN4O2S/c1-14(2)12-29-22(16(4)31-19-8-5-17(25)6-9-19)27-28-23(29)32-13-21(30)26-18-7-10-20(24)15(3)11-18/h5-11,14,16H,12-13H2,1-4H3,(H,26,30). The van der Waals surface area contributed by atoms with Crippen LogP contribution in [0.25, 0.3) is 0 Å². The number of aryl methyl sites for hydroxylation is 1. The quantitative estimate of drug-likeness (QED) is 0.349. The van der Waals surface area contributed by atoms with Crippen LogP contribution in [0.3, 0.4) is 0 Å². The second kappa shape index (κ2) is 11.0. The molecule has 1 unspecified atom stereocenters. The Bertz CT molecular complexity index is 1070. The first-order valence-corrected chi connectivity index (χ1v) is 12.0. The third-order valence-electron chi connectivity index (χ3n) is 4.56. The number of rotatable bonds is 9. The highest BCUT2D eigenvalue weighted by molar-refractivity contribution is 9.10. The van der Waals surface area contributed by atoms with E-state index >= 15 is 0 Å². The van der Waals surface area contributed by atoms with Crippen molar-refractivity contribution >= 4 is 39.3 Å². The van der Waals surface area contributed by atoms with Crippen molar-refractivity contribution in [1.29, 1.82) is 0 Å². The third kappa shape index (κ3) is 6.56. The van der Waals surface area contributed by atoms with Gasteiger partial charge in [0, 0.05) is 16.7 Å². The third-order valence-corrected chi connectivity index (χ3v) is 6.41. The van der Waals surface area contributed by atoms with Crippen molar-refractivity contribution in [2.75, 3.05) is 11.1 Å². The van der Waals surface area contributed by atoms with Crippen LogP contribution in [0.5, 0.6) is 5.75 Å². The zero-order valence-corrected chi connectivity index (χ0v) is 20.8. The Morgan fingerprint density at radius 2 is 1.91 bits per heavy atom. The van der Waals surface area contributed by atoms with E-state index in [1.165, 1.54) is 23.9 Å². The molecule has 1 amide bonds. The van der Waals surface area contributed by atoms with Gasteiger partial charge in [0.25, 0.3) is 0 Å². The lowest BCUT2D eigenvalue weighted by Crippen LogP contribution is -2.17. The molecule has 6 nitrogen and oxygen atoms in total. The highest BCUT2D eigenvalue weighted by Gasteiger charge is 2.21. The predicted octanol–water partition coefficient (Wildman–Crippen LogP) is 6.01. The lowest BCUT2D eigenvalue weighted by molar-refractivity contribution is -0.113. The van der Waals surface area contributed by atoms with E-state index in [1.54, 1.807) is 12.1 Å². The molecule has 9 heteroatoms. The minimum absolute atomic E-state index is 0.118. The molecule has 0 spiro atoms. The second-order valence-electron chi connectivity index (χ2n) is 7.86. The maximum absolute atomic E-state index is 13.2. The Hall–Kier alpha value is -2.39. The van der Waals surface area contributed by atoms with Gasteiger partial charge in [0.15, 0.2) is 17.1 Å². The van der Waals surface area contributed by atoms with Gasteiger partial charge in [-0.2, -0.15) is 0 Å². The molecule has 0 aliphatic heterocycles. The fourth-order valence-corrected chi connectivity index (χ4v) is 4.07. The Morgan fingerprint density at radius 1 is 1.19 bits per heavy atom. The van der Waals surface area contributed by atoms with E-state index in [0.717, 1.165) is 15.7 Å². The number of carbonyl (C=O) groups is 1. The SMILES string of the molecule is Cc1cc(NC(=O)CSc2nnc(C(C)Oc3ccc(F)cc3)n2CC(C)C)ccc1Br. The van der Waals surface area contributed by atoms with Gasteiger partial charge >= 0.3 is 0 Å². The van der Waals surface area contributed by atoms with Crippen LogP contribution < -0.4 is 10.1 Å². The molecule has 1 atom stereocenters. The molecule has 32 heavy (non-hydrogen) atoms. The highest BCUT2D eigenvalue weighted by Crippen LogP contribution is 2.26. The largest absolute Gasteiger partial charge is 0.483 e. The molecule has 3 rings (SSSR count). The first-order chi connectivity index (χ1) is 15.2. The van der Waals surface area contributed by atoms with Gasteiger partial charge in [0.1, 0.15) is 11.6 Å². The van der Waals surface area contributed by atoms with Crippen LogP contribution in [0, 0.1) is 18.7 Å². The lowest BCUT2D eigenvalue weighted by Gasteiger charge is -2.17. The van der Waals surface area contributed by atoms with Gasteiger partial charge in [0.2, 0.25) is 5.91 Å². The number of anilines is 1. The average molecular weight is 521 g/mol. The normalized spacial score (nSPS) is 12.1. The Labute approximate surface area is 200 Å². The van der Waals surface area contributed by atoms with Crippen LogP contribution in [-0.4, -0.2) is 26.4 Å². The maximum Gasteiger partial charge on any atom is 0.234 e. The van der Waals surface area contributed by atoms with Gasteiger partial charge < -0.3 is 14.6 Å². The summed E-state index contributed by atoms with van der Waals surface area (Å²) in [5.74, 6) is 1.34. The number of aromatic nitrogens is 3. The van der Waals surface area contributed by atoms with Crippen molar-refractivity contribution in [3.8, 4) is 5.75 Å². The zero-order chi connectivity index (χ0) is 23.3. The lowest BCUT2D eigenvalue weighted by atomic mass is 10.2. The summed E-state index contributed by atoms with van der Waals surface area (Å²) in [4.78, 5) is 12.5. The predicted molar refractivity (Wildman–Crippen MR) is 129 cm³/mol. The summed E-state index contributed by atoms with van der Waals surface area (Å²) in [6, 6.07) is 11.6. The molecule has 3 aromatic rings.